The molecule has 1 aromatic carbocycles. The number of carbonyl (C=O) groups excluding carboxylic acids is 1. The zero-order valence-corrected chi connectivity index (χ0v) is 24.2. The number of likely N-dealkylation sites (tertiary alicyclic amines) is 2. The normalized spacial score (nSPS) is 26.6. The van der Waals surface area contributed by atoms with Crippen molar-refractivity contribution in [2.45, 2.75) is 45.6 Å². The lowest BCUT2D eigenvalue weighted by Crippen LogP contribution is -2.44. The van der Waals surface area contributed by atoms with Crippen LogP contribution in [0.4, 0.5) is 0 Å². The maximum atomic E-state index is 14.2. The summed E-state index contributed by atoms with van der Waals surface area (Å²) in [6.07, 6.45) is 5.07. The molecule has 3 aromatic rings. The number of piperidine rings is 1. The Kier molecular flexibility index (Phi) is 6.76. The van der Waals surface area contributed by atoms with Gasteiger partial charge in [-0.25, -0.2) is 4.99 Å². The molecular weight excluding hydrogens is 520 g/mol. The Bertz CT molecular complexity index is 1580. The van der Waals surface area contributed by atoms with E-state index in [1.165, 1.54) is 16.9 Å². The van der Waals surface area contributed by atoms with Gasteiger partial charge in [-0.05, 0) is 81.8 Å². The molecule has 0 bridgehead atoms. The Morgan fingerprint density at radius 3 is 2.60 bits per heavy atom. The van der Waals surface area contributed by atoms with Crippen LogP contribution in [0.2, 0.25) is 0 Å². The number of allylic oxidation sites excluding steroid dienone is 1. The summed E-state index contributed by atoms with van der Waals surface area (Å²) < 4.78 is 3.24. The molecule has 40 heavy (non-hydrogen) atoms. The summed E-state index contributed by atoms with van der Waals surface area (Å²) in [5.41, 5.74) is 3.87. The summed E-state index contributed by atoms with van der Waals surface area (Å²) >= 11 is 1.53. The second-order valence-corrected chi connectivity index (χ2v) is 12.9. The lowest BCUT2D eigenvalue weighted by atomic mass is 10.0. The number of amides is 1. The molecule has 9 heteroatoms. The molecule has 0 aliphatic carbocycles. The Morgan fingerprint density at radius 2 is 1.85 bits per heavy atom. The van der Waals surface area contributed by atoms with E-state index >= 15 is 0 Å². The summed E-state index contributed by atoms with van der Waals surface area (Å²) in [5.74, 6) is 2.12. The number of hydrogen-bond donors (Lipinski definition) is 2. The van der Waals surface area contributed by atoms with E-state index in [2.05, 4.69) is 50.8 Å². The van der Waals surface area contributed by atoms with Gasteiger partial charge in [0.15, 0.2) is 0 Å². The lowest BCUT2D eigenvalue weighted by molar-refractivity contribution is 0.0930. The number of aliphatic imine (C=N–C) groups is 1. The fourth-order valence-corrected chi connectivity index (χ4v) is 8.44. The van der Waals surface area contributed by atoms with Crippen LogP contribution in [-0.2, 0) is 6.42 Å². The summed E-state index contributed by atoms with van der Waals surface area (Å²) in [6, 6.07) is 8.28. The number of hydrogen-bond acceptors (Lipinski definition) is 7. The molecule has 4 aliphatic heterocycles. The number of para-hydroxylation sites is 1. The number of thiazole rings is 1. The highest BCUT2D eigenvalue weighted by molar-refractivity contribution is 7.24. The molecule has 1 amide bonds. The van der Waals surface area contributed by atoms with Crippen molar-refractivity contribution < 1.29 is 4.79 Å². The molecule has 3 saturated heterocycles. The third kappa shape index (κ3) is 4.39. The van der Waals surface area contributed by atoms with Crippen LogP contribution in [-0.4, -0.2) is 78.2 Å². The van der Waals surface area contributed by atoms with Crippen molar-refractivity contribution in [3.8, 4) is 0 Å². The molecule has 3 fully saturated rings. The van der Waals surface area contributed by atoms with E-state index in [9.17, 15) is 9.59 Å². The molecule has 0 radical (unpaired) electrons. The molecule has 4 aliphatic rings. The van der Waals surface area contributed by atoms with E-state index in [0.717, 1.165) is 98.1 Å². The van der Waals surface area contributed by atoms with Crippen molar-refractivity contribution in [3.05, 3.63) is 62.7 Å². The highest BCUT2D eigenvalue weighted by Gasteiger charge is 2.40. The third-order valence-electron chi connectivity index (χ3n) is 9.43. The fourth-order valence-electron chi connectivity index (χ4n) is 7.23. The van der Waals surface area contributed by atoms with Gasteiger partial charge < -0.3 is 24.8 Å². The first-order chi connectivity index (χ1) is 19.5. The monoisotopic (exact) mass is 558 g/mol. The number of nitrogens with one attached hydrogen (secondary N) is 2. The van der Waals surface area contributed by atoms with Gasteiger partial charge in [-0.15, -0.1) is 11.3 Å². The van der Waals surface area contributed by atoms with Gasteiger partial charge in [0.1, 0.15) is 16.2 Å². The predicted molar refractivity (Wildman–Crippen MR) is 162 cm³/mol. The van der Waals surface area contributed by atoms with Crippen molar-refractivity contribution in [2.24, 2.45) is 16.8 Å². The van der Waals surface area contributed by atoms with E-state index in [1.54, 1.807) is 6.21 Å². The van der Waals surface area contributed by atoms with Crippen LogP contribution in [0, 0.1) is 11.8 Å². The molecule has 2 aromatic heterocycles. The number of aryl methyl sites for hydroxylation is 1. The molecule has 2 atom stereocenters. The van der Waals surface area contributed by atoms with Crippen LogP contribution < -0.4 is 16.1 Å². The molecule has 2 N–H and O–H groups in total. The summed E-state index contributed by atoms with van der Waals surface area (Å²) in [5, 5.41) is 6.53. The van der Waals surface area contributed by atoms with E-state index in [1.807, 2.05) is 12.1 Å². The van der Waals surface area contributed by atoms with E-state index < -0.39 is 0 Å². The highest BCUT2D eigenvalue weighted by Crippen LogP contribution is 2.36. The van der Waals surface area contributed by atoms with Gasteiger partial charge in [-0.2, -0.15) is 0 Å². The van der Waals surface area contributed by atoms with E-state index in [4.69, 9.17) is 4.99 Å². The van der Waals surface area contributed by atoms with Crippen molar-refractivity contribution in [2.75, 3.05) is 45.8 Å². The van der Waals surface area contributed by atoms with Crippen molar-refractivity contribution in [3.63, 3.8) is 0 Å². The smallest absolute Gasteiger partial charge is 0.258 e. The molecular formula is C31H38N6O2S. The minimum Gasteiger partial charge on any atom is -0.356 e. The average Bonchev–Trinajstić information content (AvgIpc) is 3.63. The first-order valence-electron chi connectivity index (χ1n) is 14.8. The van der Waals surface area contributed by atoms with Crippen LogP contribution in [0.15, 0.2) is 45.4 Å². The summed E-state index contributed by atoms with van der Waals surface area (Å²) in [6.45, 7) is 11.7. The van der Waals surface area contributed by atoms with Gasteiger partial charge in [-0.3, -0.25) is 9.59 Å². The number of carbonyl (C=O) groups is 1. The fraction of sp³-hybridized carbons (Fsp3) is 0.516. The first-order valence-corrected chi connectivity index (χ1v) is 15.6. The number of pyridine rings is 1. The summed E-state index contributed by atoms with van der Waals surface area (Å²) in [4.78, 5) is 38.7. The van der Waals surface area contributed by atoms with Crippen LogP contribution in [0.1, 0.15) is 54.7 Å². The third-order valence-corrected chi connectivity index (χ3v) is 10.6. The van der Waals surface area contributed by atoms with Crippen molar-refractivity contribution >= 4 is 38.5 Å². The van der Waals surface area contributed by atoms with Crippen LogP contribution >= 0.6 is 11.3 Å². The standard InChI is InChI=1S/C31H38N6O2S/c1-3-35-15-20-17-36(18-21(20)16-35)29-19(2)8-9-24-23(14-33-29)28(38)27(30(39)34-22-10-12-32-13-11-22)31-37(24)25-6-4-5-7-26(25)40-31/h4-7,14,20-22,32H,3,8-13,15-18H2,1-2H3,(H,34,39)/b29-19-,33-14-. The van der Waals surface area contributed by atoms with Gasteiger partial charge in [0.25, 0.3) is 5.91 Å². The minimum atomic E-state index is -0.265. The van der Waals surface area contributed by atoms with Crippen molar-refractivity contribution in [1.82, 2.24) is 24.8 Å². The Labute approximate surface area is 238 Å². The molecule has 0 spiro atoms. The molecule has 210 valence electrons. The number of benzene rings is 1. The quantitative estimate of drug-likeness (QED) is 0.513. The van der Waals surface area contributed by atoms with E-state index in [0.29, 0.717) is 17.4 Å². The molecule has 7 rings (SSSR count). The predicted octanol–water partition coefficient (Wildman–Crippen LogP) is 3.48. The van der Waals surface area contributed by atoms with E-state index in [-0.39, 0.29) is 22.9 Å². The van der Waals surface area contributed by atoms with Gasteiger partial charge >= 0.3 is 0 Å². The lowest BCUT2D eigenvalue weighted by Gasteiger charge is -2.26. The zero-order valence-electron chi connectivity index (χ0n) is 23.4. The van der Waals surface area contributed by atoms with Gasteiger partial charge in [-0.1, -0.05) is 19.1 Å². The van der Waals surface area contributed by atoms with Crippen LogP contribution in [0.3, 0.4) is 0 Å². The SMILES string of the molecule is CCN1CC2CN(C3=C(/C)CCc4c(c(=O)c(C(=O)NC5CCNCC5)c5sc6ccccc6n45)/C=N\3)CC2C1. The van der Waals surface area contributed by atoms with Crippen LogP contribution in [0.5, 0.6) is 0 Å². The Morgan fingerprint density at radius 1 is 1.10 bits per heavy atom. The maximum Gasteiger partial charge on any atom is 0.258 e. The number of fused-ring (bicyclic) bond motifs is 6. The molecule has 2 unspecified atom stereocenters. The number of aromatic nitrogens is 1. The molecule has 0 saturated carbocycles. The Hall–Kier alpha value is -3.01. The van der Waals surface area contributed by atoms with Gasteiger partial charge in [0.2, 0.25) is 5.43 Å². The summed E-state index contributed by atoms with van der Waals surface area (Å²) in [7, 11) is 0. The second-order valence-electron chi connectivity index (χ2n) is 11.9. The number of rotatable bonds is 4. The molecule has 6 heterocycles. The van der Waals surface area contributed by atoms with Crippen molar-refractivity contribution in [1.29, 1.82) is 0 Å². The van der Waals surface area contributed by atoms with Gasteiger partial charge in [0.05, 0.1) is 15.8 Å². The largest absolute Gasteiger partial charge is 0.356 e. The topological polar surface area (TPSA) is 81.5 Å². The maximum absolute atomic E-state index is 14.2. The van der Waals surface area contributed by atoms with Gasteiger partial charge in [0, 0.05) is 44.1 Å². The number of nitrogens with zero attached hydrogens (tertiary/aromatic N) is 4. The minimum absolute atomic E-state index is 0.0775. The second kappa shape index (κ2) is 10.4. The highest BCUT2D eigenvalue weighted by atomic mass is 32.1. The zero-order chi connectivity index (χ0) is 27.4. The first kappa shape index (κ1) is 25.9. The van der Waals surface area contributed by atoms with Crippen LogP contribution in [0.25, 0.3) is 15.0 Å². The average molecular weight is 559 g/mol. The molecule has 8 nitrogen and oxygen atoms in total. The Balaban J connectivity index is 1.31.